The molecule has 0 amide bonds. The summed E-state index contributed by atoms with van der Waals surface area (Å²) in [5, 5.41) is 12.5. The number of benzene rings is 2. The molecule has 0 radical (unpaired) electrons. The fourth-order valence-electron chi connectivity index (χ4n) is 5.06. The number of likely N-dealkylation sites (N-methyl/N-ethyl adjacent to an activating group) is 1. The van der Waals surface area contributed by atoms with Crippen LogP contribution in [-0.2, 0) is 6.42 Å². The van der Waals surface area contributed by atoms with E-state index in [0.29, 0.717) is 12.2 Å². The minimum Gasteiger partial charge on any atom is -0.494 e. The van der Waals surface area contributed by atoms with Crippen LogP contribution in [0.3, 0.4) is 0 Å². The Labute approximate surface area is 185 Å². The van der Waals surface area contributed by atoms with E-state index in [-0.39, 0.29) is 11.4 Å². The summed E-state index contributed by atoms with van der Waals surface area (Å²) in [4.78, 5) is 34.0. The highest BCUT2D eigenvalue weighted by Gasteiger charge is 2.35. The van der Waals surface area contributed by atoms with Crippen LogP contribution in [0.1, 0.15) is 40.9 Å². The van der Waals surface area contributed by atoms with E-state index in [1.807, 2.05) is 57.2 Å². The molecular weight excluding hydrogens is 404 g/mol. The maximum atomic E-state index is 13.1. The lowest BCUT2D eigenvalue weighted by molar-refractivity contribution is 0.215. The molecule has 4 aromatic rings. The largest absolute Gasteiger partial charge is 0.494 e. The lowest BCUT2D eigenvalue weighted by atomic mass is 9.93. The first kappa shape index (κ1) is 20.3. The van der Waals surface area contributed by atoms with Crippen molar-refractivity contribution in [1.29, 1.82) is 0 Å². The first-order chi connectivity index (χ1) is 15.4. The zero-order valence-electron chi connectivity index (χ0n) is 18.4. The summed E-state index contributed by atoms with van der Waals surface area (Å²) < 4.78 is 1.20. The third kappa shape index (κ3) is 3.08. The van der Waals surface area contributed by atoms with Gasteiger partial charge in [0.2, 0.25) is 5.88 Å². The molecular formula is C25H26N4O3. The quantitative estimate of drug-likeness (QED) is 0.465. The normalized spacial score (nSPS) is 16.4. The van der Waals surface area contributed by atoms with Crippen molar-refractivity contribution >= 4 is 10.9 Å². The molecule has 0 saturated carbocycles. The second-order valence-electron chi connectivity index (χ2n) is 8.52. The van der Waals surface area contributed by atoms with E-state index in [1.165, 1.54) is 4.57 Å². The minimum atomic E-state index is -0.656. The van der Waals surface area contributed by atoms with Crippen molar-refractivity contribution in [3.05, 3.63) is 91.3 Å². The molecule has 0 unspecified atom stereocenters. The van der Waals surface area contributed by atoms with E-state index < -0.39 is 17.3 Å². The molecule has 1 aliphatic rings. The summed E-state index contributed by atoms with van der Waals surface area (Å²) in [6.45, 7) is 7.34. The van der Waals surface area contributed by atoms with Gasteiger partial charge in [-0.1, -0.05) is 31.2 Å². The average Bonchev–Trinajstić information content (AvgIpc) is 3.12. The van der Waals surface area contributed by atoms with Crippen molar-refractivity contribution in [2.75, 3.05) is 13.1 Å². The van der Waals surface area contributed by atoms with Crippen LogP contribution in [-0.4, -0.2) is 37.6 Å². The molecule has 1 aliphatic heterocycles. The molecule has 5 rings (SSSR count). The van der Waals surface area contributed by atoms with Crippen molar-refractivity contribution in [3.8, 4) is 11.6 Å². The Morgan fingerprint density at radius 1 is 1.06 bits per heavy atom. The number of H-pyrrole nitrogens is 2. The topological polar surface area (TPSA) is 94.1 Å². The summed E-state index contributed by atoms with van der Waals surface area (Å²) in [5.74, 6) is -0.321. The van der Waals surface area contributed by atoms with Crippen molar-refractivity contribution < 1.29 is 5.11 Å². The predicted molar refractivity (Wildman–Crippen MR) is 125 cm³/mol. The van der Waals surface area contributed by atoms with Gasteiger partial charge in [-0.15, -0.1) is 0 Å². The van der Waals surface area contributed by atoms with Crippen molar-refractivity contribution in [1.82, 2.24) is 19.4 Å². The molecule has 7 heteroatoms. The van der Waals surface area contributed by atoms with Crippen LogP contribution in [0.25, 0.3) is 16.6 Å². The smallest absolute Gasteiger partial charge is 0.335 e. The number of aromatic nitrogens is 3. The first-order valence-electron chi connectivity index (χ1n) is 10.9. The lowest BCUT2D eigenvalue weighted by Gasteiger charge is -2.35. The molecule has 1 atom stereocenters. The fourth-order valence-corrected chi connectivity index (χ4v) is 5.06. The monoisotopic (exact) mass is 430 g/mol. The van der Waals surface area contributed by atoms with Crippen LogP contribution in [0.4, 0.5) is 0 Å². The highest BCUT2D eigenvalue weighted by molar-refractivity contribution is 5.85. The van der Waals surface area contributed by atoms with Gasteiger partial charge < -0.3 is 10.1 Å². The summed E-state index contributed by atoms with van der Waals surface area (Å²) in [6.07, 6.45) is 0.846. The van der Waals surface area contributed by atoms with Gasteiger partial charge in [-0.25, -0.2) is 9.36 Å². The molecule has 0 aliphatic carbocycles. The Morgan fingerprint density at radius 3 is 2.50 bits per heavy atom. The number of hydrogen-bond acceptors (Lipinski definition) is 4. The molecule has 0 saturated heterocycles. The molecule has 2 aromatic heterocycles. The molecule has 0 bridgehead atoms. The second kappa shape index (κ2) is 7.53. The van der Waals surface area contributed by atoms with Crippen LogP contribution in [0.2, 0.25) is 0 Å². The van der Waals surface area contributed by atoms with Gasteiger partial charge in [0.05, 0.1) is 11.7 Å². The zero-order chi connectivity index (χ0) is 22.6. The van der Waals surface area contributed by atoms with Gasteiger partial charge in [0.15, 0.2) is 0 Å². The summed E-state index contributed by atoms with van der Waals surface area (Å²) >= 11 is 0. The molecule has 32 heavy (non-hydrogen) atoms. The predicted octanol–water partition coefficient (Wildman–Crippen LogP) is 3.30. The van der Waals surface area contributed by atoms with Crippen LogP contribution >= 0.6 is 0 Å². The highest BCUT2D eigenvalue weighted by atomic mass is 16.3. The maximum absolute atomic E-state index is 13.1. The van der Waals surface area contributed by atoms with Gasteiger partial charge in [0.1, 0.15) is 5.56 Å². The van der Waals surface area contributed by atoms with Crippen LogP contribution in [0.5, 0.6) is 5.88 Å². The Hall–Kier alpha value is -3.58. The zero-order valence-corrected chi connectivity index (χ0v) is 18.4. The Bertz CT molecular complexity index is 1440. The number of hydrogen-bond donors (Lipinski definition) is 3. The average molecular weight is 431 g/mol. The van der Waals surface area contributed by atoms with Crippen LogP contribution < -0.4 is 11.2 Å². The Balaban J connectivity index is 1.80. The van der Waals surface area contributed by atoms with Gasteiger partial charge in [-0.3, -0.25) is 14.7 Å². The summed E-state index contributed by atoms with van der Waals surface area (Å²) in [5.41, 5.74) is 4.45. The van der Waals surface area contributed by atoms with Crippen molar-refractivity contribution in [2.45, 2.75) is 33.2 Å². The number of fused-ring (bicyclic) bond motifs is 3. The molecule has 3 N–H and O–H groups in total. The highest BCUT2D eigenvalue weighted by Crippen LogP contribution is 2.39. The third-order valence-electron chi connectivity index (χ3n) is 6.40. The standard InChI is InChI=1S/C25H26N4O3/c1-4-28-10-9-18-17-7-5-6-8-19(17)26-21(18)22(28)20-23(30)27-25(32)29(24(20)31)16-12-14(2)11-15(3)13-16/h5-8,11-13,22,26,31H,4,9-10H2,1-3H3,(H,27,30,32)/t22-/m0/s1. The van der Waals surface area contributed by atoms with Gasteiger partial charge in [-0.2, -0.15) is 0 Å². The molecule has 0 spiro atoms. The molecule has 3 heterocycles. The molecule has 2 aromatic carbocycles. The Kier molecular flexibility index (Phi) is 4.78. The van der Waals surface area contributed by atoms with Gasteiger partial charge in [0.25, 0.3) is 5.56 Å². The van der Waals surface area contributed by atoms with Crippen LogP contribution in [0, 0.1) is 13.8 Å². The van der Waals surface area contributed by atoms with Gasteiger partial charge in [0, 0.05) is 23.1 Å². The van der Waals surface area contributed by atoms with E-state index in [1.54, 1.807) is 0 Å². The van der Waals surface area contributed by atoms with E-state index >= 15 is 0 Å². The number of rotatable bonds is 3. The van der Waals surface area contributed by atoms with Crippen molar-refractivity contribution in [3.63, 3.8) is 0 Å². The number of aromatic hydroxyl groups is 1. The number of aromatic amines is 2. The van der Waals surface area contributed by atoms with Gasteiger partial charge >= 0.3 is 5.69 Å². The minimum absolute atomic E-state index is 0.179. The SMILES string of the molecule is CCN1CCc2c([nH]c3ccccc23)[C@@H]1c1c(O)n(-c2cc(C)cc(C)c2)c(=O)[nH]c1=O. The van der Waals surface area contributed by atoms with E-state index in [9.17, 15) is 14.7 Å². The number of nitrogens with one attached hydrogen (secondary N) is 2. The fraction of sp³-hybridized carbons (Fsp3) is 0.280. The maximum Gasteiger partial charge on any atom is 0.335 e. The summed E-state index contributed by atoms with van der Waals surface area (Å²) in [7, 11) is 0. The second-order valence-corrected chi connectivity index (χ2v) is 8.52. The van der Waals surface area contributed by atoms with E-state index in [4.69, 9.17) is 0 Å². The number of nitrogens with zero attached hydrogens (tertiary/aromatic N) is 2. The molecule has 0 fully saturated rings. The third-order valence-corrected chi connectivity index (χ3v) is 6.40. The first-order valence-corrected chi connectivity index (χ1v) is 10.9. The molecule has 7 nitrogen and oxygen atoms in total. The number of para-hydroxylation sites is 1. The summed E-state index contributed by atoms with van der Waals surface area (Å²) in [6, 6.07) is 13.2. The van der Waals surface area contributed by atoms with E-state index in [2.05, 4.69) is 20.9 Å². The molecule has 164 valence electrons. The van der Waals surface area contributed by atoms with Crippen LogP contribution in [0.15, 0.2) is 52.1 Å². The van der Waals surface area contributed by atoms with E-state index in [0.717, 1.165) is 46.3 Å². The Morgan fingerprint density at radius 2 is 1.78 bits per heavy atom. The number of aryl methyl sites for hydroxylation is 2. The van der Waals surface area contributed by atoms with Crippen molar-refractivity contribution in [2.24, 2.45) is 0 Å². The van der Waals surface area contributed by atoms with Gasteiger partial charge in [-0.05, 0) is 61.7 Å². The lowest BCUT2D eigenvalue weighted by Crippen LogP contribution is -2.41.